The Morgan fingerprint density at radius 2 is 1.32 bits per heavy atom. The molecule has 0 aromatic heterocycles. The number of ketones is 1. The summed E-state index contributed by atoms with van der Waals surface area (Å²) in [6.07, 6.45) is 9.43. The number of carbonyl (C=O) groups excluding carboxylic acids is 2. The number of allylic oxidation sites excluding steroid dienone is 5. The number of hydrogen-bond acceptors (Lipinski definition) is 4. The first-order valence-corrected chi connectivity index (χ1v) is 13.8. The molecular weight excluding hydrogens is 510 g/mol. The van der Waals surface area contributed by atoms with Gasteiger partial charge in [0, 0.05) is 56.9 Å². The second-order valence-corrected chi connectivity index (χ2v) is 10.5. The molecule has 0 atom stereocenters. The molecule has 6 nitrogen and oxygen atoms in total. The highest BCUT2D eigenvalue weighted by Crippen LogP contribution is 2.31. The number of benzene rings is 3. The van der Waals surface area contributed by atoms with Gasteiger partial charge < -0.3 is 15.3 Å². The summed E-state index contributed by atoms with van der Waals surface area (Å²) in [6, 6.07) is 23.1. The van der Waals surface area contributed by atoms with Crippen LogP contribution in [0.3, 0.4) is 0 Å². The summed E-state index contributed by atoms with van der Waals surface area (Å²) in [7, 11) is 8.10. The number of rotatable bonds is 10. The lowest BCUT2D eigenvalue weighted by Crippen LogP contribution is -2.26. The van der Waals surface area contributed by atoms with Crippen molar-refractivity contribution in [1.82, 2.24) is 5.32 Å². The summed E-state index contributed by atoms with van der Waals surface area (Å²) in [5, 5.41) is 12.3. The van der Waals surface area contributed by atoms with Crippen LogP contribution < -0.4 is 10.2 Å². The molecule has 6 heteroatoms. The Kier molecular flexibility index (Phi) is 9.69. The van der Waals surface area contributed by atoms with Gasteiger partial charge in [0.1, 0.15) is 19.8 Å². The van der Waals surface area contributed by atoms with E-state index in [-0.39, 0.29) is 30.3 Å². The van der Waals surface area contributed by atoms with E-state index in [9.17, 15) is 14.7 Å². The number of Topliss-reactive ketones (excluding diaryl/α,β-unsaturated/α-hetero) is 1. The Morgan fingerprint density at radius 1 is 0.756 bits per heavy atom. The molecule has 3 aromatic rings. The van der Waals surface area contributed by atoms with Crippen LogP contribution in [0, 0.1) is 0 Å². The highest BCUT2D eigenvalue weighted by Gasteiger charge is 2.15. The van der Waals surface area contributed by atoms with E-state index in [1.165, 1.54) is 0 Å². The van der Waals surface area contributed by atoms with Crippen LogP contribution in [0.5, 0.6) is 5.75 Å². The molecule has 41 heavy (non-hydrogen) atoms. The van der Waals surface area contributed by atoms with E-state index in [1.54, 1.807) is 12.1 Å². The fraction of sp³-hybridized carbons (Fsp3) is 0.229. The third kappa shape index (κ3) is 7.92. The predicted molar refractivity (Wildman–Crippen MR) is 167 cm³/mol. The fourth-order valence-electron chi connectivity index (χ4n) is 4.64. The minimum absolute atomic E-state index is 0.0579. The van der Waals surface area contributed by atoms with E-state index >= 15 is 0 Å². The first kappa shape index (κ1) is 29.3. The smallest absolute Gasteiger partial charge is 0.220 e. The largest absolute Gasteiger partial charge is 0.508 e. The van der Waals surface area contributed by atoms with Gasteiger partial charge in [0.15, 0.2) is 11.5 Å². The van der Waals surface area contributed by atoms with Gasteiger partial charge in [-0.25, -0.2) is 4.58 Å². The number of anilines is 1. The summed E-state index contributed by atoms with van der Waals surface area (Å²) in [4.78, 5) is 27.3. The van der Waals surface area contributed by atoms with Gasteiger partial charge in [0.2, 0.25) is 5.91 Å². The topological polar surface area (TPSA) is 72.7 Å². The Labute approximate surface area is 242 Å². The number of nitrogens with zero attached hydrogens (tertiary/aromatic N) is 2. The van der Waals surface area contributed by atoms with Crippen molar-refractivity contribution in [2.75, 3.05) is 39.6 Å². The van der Waals surface area contributed by atoms with Crippen molar-refractivity contribution >= 4 is 28.7 Å². The Hall–Kier alpha value is -4.71. The van der Waals surface area contributed by atoms with Crippen molar-refractivity contribution in [3.05, 3.63) is 125 Å². The van der Waals surface area contributed by atoms with Crippen molar-refractivity contribution in [2.45, 2.75) is 19.3 Å². The molecule has 3 aromatic carbocycles. The average molecular weight is 549 g/mol. The van der Waals surface area contributed by atoms with E-state index in [2.05, 4.69) is 63.4 Å². The van der Waals surface area contributed by atoms with E-state index < -0.39 is 0 Å². The molecule has 1 aliphatic carbocycles. The van der Waals surface area contributed by atoms with Gasteiger partial charge in [0.25, 0.3) is 0 Å². The summed E-state index contributed by atoms with van der Waals surface area (Å²) < 4.78 is 2.08. The van der Waals surface area contributed by atoms with Gasteiger partial charge in [-0.15, -0.1) is 0 Å². The normalized spacial score (nSPS) is 12.3. The molecule has 210 valence electrons. The quantitative estimate of drug-likeness (QED) is 0.262. The molecule has 0 heterocycles. The molecule has 4 rings (SSSR count). The maximum Gasteiger partial charge on any atom is 0.220 e. The molecule has 1 aliphatic rings. The molecule has 0 saturated carbocycles. The van der Waals surface area contributed by atoms with Gasteiger partial charge in [-0.1, -0.05) is 48.5 Å². The SMILES string of the molecule is CN(C)c1ccc(C(=C2C=CC(=[N+](C)C)C=C2)c2ccc(C(=O)CCC(=O)NCCc3ccc(O)cc3)cc2)cc1. The van der Waals surface area contributed by atoms with Crippen LogP contribution in [0.2, 0.25) is 0 Å². The standard InChI is InChI=1S/C35H37N3O3/c1-37(2)30-15-11-28(12-16-30)35(29-13-17-31(18-14-29)38(3)4)27-9-7-26(8-10-27)33(40)21-22-34(41)36-24-23-25-5-19-32(39)20-6-25/h5-20H,21-24H2,1-4H3,(H-,36,39,41)/p+1. The van der Waals surface area contributed by atoms with Crippen molar-refractivity contribution in [3.8, 4) is 5.75 Å². The van der Waals surface area contributed by atoms with Gasteiger partial charge in [0.05, 0.1) is 0 Å². The molecule has 1 amide bonds. The van der Waals surface area contributed by atoms with Gasteiger partial charge in [-0.3, -0.25) is 9.59 Å². The summed E-state index contributed by atoms with van der Waals surface area (Å²) in [6.45, 7) is 0.482. The van der Waals surface area contributed by atoms with E-state index in [4.69, 9.17) is 0 Å². The number of carbonyl (C=O) groups is 2. The van der Waals surface area contributed by atoms with Crippen LogP contribution in [0.1, 0.15) is 39.9 Å². The molecule has 0 unspecified atom stereocenters. The van der Waals surface area contributed by atoms with Crippen LogP contribution in [-0.2, 0) is 11.2 Å². The van der Waals surface area contributed by atoms with Crippen molar-refractivity contribution in [2.24, 2.45) is 0 Å². The van der Waals surface area contributed by atoms with Crippen LogP contribution in [0.15, 0.2) is 103 Å². The number of nitrogens with one attached hydrogen (secondary N) is 1. The lowest BCUT2D eigenvalue weighted by atomic mass is 9.90. The zero-order valence-electron chi connectivity index (χ0n) is 24.2. The summed E-state index contributed by atoms with van der Waals surface area (Å²) >= 11 is 0. The molecule has 0 bridgehead atoms. The van der Waals surface area contributed by atoms with Crippen LogP contribution in [0.4, 0.5) is 5.69 Å². The van der Waals surface area contributed by atoms with Gasteiger partial charge in [-0.05, 0) is 70.7 Å². The molecule has 2 N–H and O–H groups in total. The number of hydrogen-bond donors (Lipinski definition) is 2. The average Bonchev–Trinajstić information content (AvgIpc) is 2.98. The maximum atomic E-state index is 12.9. The lowest BCUT2D eigenvalue weighted by molar-refractivity contribution is -0.462. The number of phenols is 1. The molecule has 0 fully saturated rings. The van der Waals surface area contributed by atoms with Crippen molar-refractivity contribution in [3.63, 3.8) is 0 Å². The monoisotopic (exact) mass is 548 g/mol. The molecule has 0 radical (unpaired) electrons. The van der Waals surface area contributed by atoms with Gasteiger partial charge >= 0.3 is 0 Å². The summed E-state index contributed by atoms with van der Waals surface area (Å²) in [5.74, 6) is 0.0138. The zero-order valence-corrected chi connectivity index (χ0v) is 24.2. The molecule has 0 saturated heterocycles. The second kappa shape index (κ2) is 13.6. The molecule has 0 spiro atoms. The van der Waals surface area contributed by atoms with Crippen molar-refractivity contribution in [1.29, 1.82) is 0 Å². The minimum atomic E-state index is -0.147. The van der Waals surface area contributed by atoms with Crippen molar-refractivity contribution < 1.29 is 19.3 Å². The van der Waals surface area contributed by atoms with Crippen LogP contribution in [-0.4, -0.2) is 61.8 Å². The zero-order chi connectivity index (χ0) is 29.4. The summed E-state index contributed by atoms with van der Waals surface area (Å²) in [5.41, 5.74) is 8.17. The lowest BCUT2D eigenvalue weighted by Gasteiger charge is -2.17. The Morgan fingerprint density at radius 3 is 1.88 bits per heavy atom. The van der Waals surface area contributed by atoms with E-state index in [0.29, 0.717) is 18.5 Å². The van der Waals surface area contributed by atoms with E-state index in [0.717, 1.165) is 39.2 Å². The number of phenolic OH excluding ortho intramolecular Hbond substituents is 1. The third-order valence-corrected chi connectivity index (χ3v) is 7.09. The second-order valence-electron chi connectivity index (χ2n) is 10.5. The number of aromatic hydroxyl groups is 1. The Balaban J connectivity index is 1.44. The fourth-order valence-corrected chi connectivity index (χ4v) is 4.64. The number of amides is 1. The molecule has 0 aliphatic heterocycles. The predicted octanol–water partition coefficient (Wildman–Crippen LogP) is 5.42. The minimum Gasteiger partial charge on any atom is -0.508 e. The first-order valence-electron chi connectivity index (χ1n) is 13.8. The van der Waals surface area contributed by atoms with Crippen LogP contribution >= 0.6 is 0 Å². The van der Waals surface area contributed by atoms with Gasteiger partial charge in [-0.2, -0.15) is 0 Å². The first-order chi connectivity index (χ1) is 19.7. The van der Waals surface area contributed by atoms with Crippen LogP contribution in [0.25, 0.3) is 5.57 Å². The molecular formula is C35H38N3O3+. The highest BCUT2D eigenvalue weighted by atomic mass is 16.3. The van der Waals surface area contributed by atoms with E-state index in [1.807, 2.05) is 64.6 Å². The highest BCUT2D eigenvalue weighted by molar-refractivity contribution is 6.04. The maximum absolute atomic E-state index is 12.9. The third-order valence-electron chi connectivity index (χ3n) is 7.09. The Bertz CT molecular complexity index is 1490.